The first-order valence-corrected chi connectivity index (χ1v) is 10.0. The predicted molar refractivity (Wildman–Crippen MR) is 109 cm³/mol. The molecule has 2 aliphatic rings. The van der Waals surface area contributed by atoms with Crippen molar-refractivity contribution in [1.29, 1.82) is 0 Å². The van der Waals surface area contributed by atoms with E-state index in [1.54, 1.807) is 11.1 Å². The Bertz CT molecular complexity index is 802. The second kappa shape index (κ2) is 7.65. The number of carbonyl (C=O) groups is 3. The summed E-state index contributed by atoms with van der Waals surface area (Å²) in [6, 6.07) is 3.90. The Balaban J connectivity index is 1.67. The van der Waals surface area contributed by atoms with Crippen LogP contribution in [0.25, 0.3) is 0 Å². The van der Waals surface area contributed by atoms with Crippen LogP contribution in [0.1, 0.15) is 53.0 Å². The molecule has 0 aromatic carbocycles. The quantitative estimate of drug-likeness (QED) is 0.763. The Hall–Kier alpha value is -2.64. The standard InChI is InChI=1S/C21H30N4O4/c1-14-13-24(19(28)29-20(2,3)4)10-11-25(14)16-7-6-15(12-22-16)21(5)9-8-17(26)23-18(21)27/h6-7,12,14H,8-11,13H2,1-5H3,(H,23,26,27)/t14-,21?/m0/s1. The molecule has 2 atom stereocenters. The van der Waals surface area contributed by atoms with Crippen LogP contribution < -0.4 is 10.2 Å². The van der Waals surface area contributed by atoms with E-state index in [2.05, 4.69) is 15.2 Å². The number of anilines is 1. The van der Waals surface area contributed by atoms with Gasteiger partial charge in [0, 0.05) is 38.3 Å². The fourth-order valence-electron chi connectivity index (χ4n) is 3.75. The van der Waals surface area contributed by atoms with Gasteiger partial charge in [0.2, 0.25) is 11.8 Å². The maximum atomic E-state index is 12.3. The summed E-state index contributed by atoms with van der Waals surface area (Å²) in [6.45, 7) is 11.2. The van der Waals surface area contributed by atoms with E-state index in [9.17, 15) is 14.4 Å². The molecule has 8 heteroatoms. The second-order valence-corrected chi connectivity index (χ2v) is 9.08. The van der Waals surface area contributed by atoms with Crippen LogP contribution in [-0.4, -0.2) is 59.1 Å². The van der Waals surface area contributed by atoms with Crippen LogP contribution in [0.3, 0.4) is 0 Å². The minimum Gasteiger partial charge on any atom is -0.444 e. The van der Waals surface area contributed by atoms with Gasteiger partial charge in [-0.25, -0.2) is 9.78 Å². The zero-order valence-corrected chi connectivity index (χ0v) is 17.8. The molecular weight excluding hydrogens is 372 g/mol. The zero-order valence-electron chi connectivity index (χ0n) is 17.8. The lowest BCUT2D eigenvalue weighted by Crippen LogP contribution is -2.54. The fourth-order valence-corrected chi connectivity index (χ4v) is 3.75. The van der Waals surface area contributed by atoms with Crippen molar-refractivity contribution in [2.24, 2.45) is 0 Å². The van der Waals surface area contributed by atoms with Crippen molar-refractivity contribution in [2.45, 2.75) is 64.5 Å². The highest BCUT2D eigenvalue weighted by Crippen LogP contribution is 2.32. The number of nitrogens with zero attached hydrogens (tertiary/aromatic N) is 3. The van der Waals surface area contributed by atoms with Crippen molar-refractivity contribution < 1.29 is 19.1 Å². The number of aromatic nitrogens is 1. The van der Waals surface area contributed by atoms with Crippen LogP contribution >= 0.6 is 0 Å². The summed E-state index contributed by atoms with van der Waals surface area (Å²) < 4.78 is 5.47. The van der Waals surface area contributed by atoms with E-state index in [1.807, 2.05) is 46.8 Å². The molecule has 29 heavy (non-hydrogen) atoms. The summed E-state index contributed by atoms with van der Waals surface area (Å²) in [4.78, 5) is 44.6. The first-order chi connectivity index (χ1) is 13.5. The maximum absolute atomic E-state index is 12.3. The van der Waals surface area contributed by atoms with Gasteiger partial charge in [-0.05, 0) is 52.7 Å². The normalized spacial score (nSPS) is 25.6. The van der Waals surface area contributed by atoms with E-state index < -0.39 is 11.0 Å². The van der Waals surface area contributed by atoms with Crippen molar-refractivity contribution in [3.8, 4) is 0 Å². The van der Waals surface area contributed by atoms with Crippen molar-refractivity contribution in [1.82, 2.24) is 15.2 Å². The van der Waals surface area contributed by atoms with Crippen LogP contribution in [0, 0.1) is 0 Å². The van der Waals surface area contributed by atoms with Crippen molar-refractivity contribution >= 4 is 23.7 Å². The molecule has 0 spiro atoms. The largest absolute Gasteiger partial charge is 0.444 e. The molecule has 3 rings (SSSR count). The molecule has 3 amide bonds. The lowest BCUT2D eigenvalue weighted by atomic mass is 9.76. The van der Waals surface area contributed by atoms with Gasteiger partial charge in [0.25, 0.3) is 0 Å². The van der Waals surface area contributed by atoms with Crippen molar-refractivity contribution in [3.63, 3.8) is 0 Å². The maximum Gasteiger partial charge on any atom is 0.410 e. The summed E-state index contributed by atoms with van der Waals surface area (Å²) >= 11 is 0. The molecule has 0 bridgehead atoms. The summed E-state index contributed by atoms with van der Waals surface area (Å²) in [7, 11) is 0. The van der Waals surface area contributed by atoms with E-state index in [0.29, 0.717) is 32.5 Å². The SMILES string of the molecule is C[C@H]1CN(C(=O)OC(C)(C)C)CCN1c1ccc(C2(C)CCC(=O)NC2=O)cn1. The van der Waals surface area contributed by atoms with Gasteiger partial charge in [-0.3, -0.25) is 14.9 Å². The van der Waals surface area contributed by atoms with Crippen LogP contribution in [0.2, 0.25) is 0 Å². The van der Waals surface area contributed by atoms with E-state index in [-0.39, 0.29) is 23.9 Å². The number of nitrogens with one attached hydrogen (secondary N) is 1. The average Bonchev–Trinajstić information content (AvgIpc) is 2.64. The van der Waals surface area contributed by atoms with Crippen LogP contribution in [0.15, 0.2) is 18.3 Å². The number of hydrogen-bond donors (Lipinski definition) is 1. The Morgan fingerprint density at radius 2 is 2.00 bits per heavy atom. The second-order valence-electron chi connectivity index (χ2n) is 9.08. The highest BCUT2D eigenvalue weighted by molar-refractivity contribution is 6.03. The number of ether oxygens (including phenoxy) is 1. The van der Waals surface area contributed by atoms with Gasteiger partial charge in [-0.1, -0.05) is 6.07 Å². The molecule has 0 aliphatic carbocycles. The van der Waals surface area contributed by atoms with Crippen molar-refractivity contribution in [2.75, 3.05) is 24.5 Å². The van der Waals surface area contributed by atoms with Gasteiger partial charge < -0.3 is 14.5 Å². The van der Waals surface area contributed by atoms with Gasteiger partial charge in [-0.15, -0.1) is 0 Å². The number of pyridine rings is 1. The number of piperidine rings is 1. The minimum absolute atomic E-state index is 0.0841. The molecule has 3 heterocycles. The Morgan fingerprint density at radius 3 is 2.55 bits per heavy atom. The molecule has 2 fully saturated rings. The van der Waals surface area contributed by atoms with Crippen molar-refractivity contribution in [3.05, 3.63) is 23.9 Å². The fraction of sp³-hybridized carbons (Fsp3) is 0.619. The van der Waals surface area contributed by atoms with E-state index in [0.717, 1.165) is 11.4 Å². The average molecular weight is 402 g/mol. The van der Waals surface area contributed by atoms with Crippen LogP contribution in [0.5, 0.6) is 0 Å². The molecule has 2 aliphatic heterocycles. The molecule has 0 saturated carbocycles. The highest BCUT2D eigenvalue weighted by atomic mass is 16.6. The predicted octanol–water partition coefficient (Wildman–Crippen LogP) is 2.22. The number of imide groups is 1. The Kier molecular flexibility index (Phi) is 5.56. The lowest BCUT2D eigenvalue weighted by molar-refractivity contribution is -0.137. The highest BCUT2D eigenvalue weighted by Gasteiger charge is 2.40. The van der Waals surface area contributed by atoms with Gasteiger partial charge in [0.1, 0.15) is 11.4 Å². The van der Waals surface area contributed by atoms with E-state index in [4.69, 9.17) is 4.74 Å². The van der Waals surface area contributed by atoms with Gasteiger partial charge in [0.05, 0.1) is 5.41 Å². The topological polar surface area (TPSA) is 91.8 Å². The molecule has 1 aromatic rings. The van der Waals surface area contributed by atoms with E-state index >= 15 is 0 Å². The van der Waals surface area contributed by atoms with Gasteiger partial charge in [0.15, 0.2) is 0 Å². The summed E-state index contributed by atoms with van der Waals surface area (Å²) in [5.41, 5.74) is -0.465. The molecule has 1 N–H and O–H groups in total. The number of carbonyl (C=O) groups excluding carboxylic acids is 3. The molecule has 0 radical (unpaired) electrons. The summed E-state index contributed by atoms with van der Waals surface area (Å²) in [6.07, 6.45) is 2.23. The summed E-state index contributed by atoms with van der Waals surface area (Å²) in [5.74, 6) is 0.303. The van der Waals surface area contributed by atoms with E-state index in [1.165, 1.54) is 0 Å². The molecule has 158 valence electrons. The lowest BCUT2D eigenvalue weighted by Gasteiger charge is -2.41. The number of rotatable bonds is 2. The van der Waals surface area contributed by atoms with Crippen LogP contribution in [-0.2, 0) is 19.7 Å². The molecule has 1 unspecified atom stereocenters. The number of hydrogen-bond acceptors (Lipinski definition) is 6. The third-order valence-corrected chi connectivity index (χ3v) is 5.56. The van der Waals surface area contributed by atoms with Gasteiger partial charge >= 0.3 is 6.09 Å². The Morgan fingerprint density at radius 1 is 1.28 bits per heavy atom. The summed E-state index contributed by atoms with van der Waals surface area (Å²) in [5, 5.41) is 2.42. The number of piperazine rings is 1. The zero-order chi connectivity index (χ0) is 21.4. The van der Waals surface area contributed by atoms with Gasteiger partial charge in [-0.2, -0.15) is 0 Å². The first kappa shape index (κ1) is 21.1. The minimum atomic E-state index is -0.750. The monoisotopic (exact) mass is 402 g/mol. The molecular formula is C21H30N4O4. The Labute approximate surface area is 171 Å². The third kappa shape index (κ3) is 4.52. The molecule has 8 nitrogen and oxygen atoms in total. The molecule has 2 saturated heterocycles. The van der Waals surface area contributed by atoms with Crippen LogP contribution in [0.4, 0.5) is 10.6 Å². The first-order valence-electron chi connectivity index (χ1n) is 10.0. The number of amides is 3. The smallest absolute Gasteiger partial charge is 0.410 e. The molecule has 1 aromatic heterocycles. The third-order valence-electron chi connectivity index (χ3n) is 5.56.